The van der Waals surface area contributed by atoms with Crippen molar-refractivity contribution in [2.45, 2.75) is 45.1 Å². The minimum absolute atomic E-state index is 0.276. The van der Waals surface area contributed by atoms with Crippen LogP contribution in [0.4, 0.5) is 0 Å². The van der Waals surface area contributed by atoms with Crippen molar-refractivity contribution in [3.05, 3.63) is 30.2 Å². The third kappa shape index (κ3) is 2.66. The summed E-state index contributed by atoms with van der Waals surface area (Å²) in [6.07, 6.45) is 4.07. The van der Waals surface area contributed by atoms with Gasteiger partial charge in [0.1, 0.15) is 5.69 Å². The first-order valence-corrected chi connectivity index (χ1v) is 7.38. The predicted molar refractivity (Wildman–Crippen MR) is 79.6 cm³/mol. The van der Waals surface area contributed by atoms with E-state index < -0.39 is 0 Å². The number of nitrogens with one attached hydrogen (secondary N) is 1. The molecule has 0 radical (unpaired) electrons. The van der Waals surface area contributed by atoms with Crippen LogP contribution in [-0.2, 0) is 0 Å². The minimum atomic E-state index is 0.276. The lowest BCUT2D eigenvalue weighted by Gasteiger charge is -2.40. The van der Waals surface area contributed by atoms with Crippen LogP contribution in [0.1, 0.15) is 45.2 Å². The number of piperidine rings is 1. The van der Waals surface area contributed by atoms with Crippen LogP contribution in [0.2, 0.25) is 0 Å². The summed E-state index contributed by atoms with van der Waals surface area (Å²) in [5.41, 5.74) is 2.42. The summed E-state index contributed by atoms with van der Waals surface area (Å²) in [6.45, 7) is 9.18. The number of hydrogen-bond acceptors (Lipinski definition) is 3. The third-order valence-corrected chi connectivity index (χ3v) is 4.25. The van der Waals surface area contributed by atoms with Gasteiger partial charge in [-0.25, -0.2) is 0 Å². The number of likely N-dealkylation sites (tertiary alicyclic amines) is 1. The van der Waals surface area contributed by atoms with Gasteiger partial charge in [0, 0.05) is 17.2 Å². The van der Waals surface area contributed by atoms with Crippen molar-refractivity contribution >= 4 is 0 Å². The van der Waals surface area contributed by atoms with Crippen LogP contribution >= 0.6 is 0 Å². The van der Waals surface area contributed by atoms with Gasteiger partial charge in [0.25, 0.3) is 0 Å². The second kappa shape index (κ2) is 5.09. The highest BCUT2D eigenvalue weighted by Crippen LogP contribution is 2.31. The molecule has 0 atom stereocenters. The van der Waals surface area contributed by atoms with Crippen molar-refractivity contribution in [3.63, 3.8) is 0 Å². The van der Waals surface area contributed by atoms with Gasteiger partial charge in [0.05, 0.1) is 6.26 Å². The monoisotopic (exact) mass is 273 g/mol. The molecule has 0 aromatic carbocycles. The second-order valence-electron chi connectivity index (χ2n) is 6.62. The van der Waals surface area contributed by atoms with E-state index in [2.05, 4.69) is 41.9 Å². The lowest BCUT2D eigenvalue weighted by molar-refractivity contribution is 0.101. The molecule has 2 aromatic rings. The molecule has 2 aromatic heterocycles. The molecule has 0 aliphatic carbocycles. The molecule has 4 heteroatoms. The lowest BCUT2D eigenvalue weighted by Crippen LogP contribution is -2.45. The highest BCUT2D eigenvalue weighted by atomic mass is 16.3. The van der Waals surface area contributed by atoms with Gasteiger partial charge >= 0.3 is 0 Å². The molecule has 1 fully saturated rings. The van der Waals surface area contributed by atoms with E-state index in [1.807, 2.05) is 12.1 Å². The molecular weight excluding hydrogens is 250 g/mol. The fourth-order valence-corrected chi connectivity index (χ4v) is 2.96. The lowest BCUT2D eigenvalue weighted by atomic mass is 9.90. The molecule has 1 N–H and O–H groups in total. The quantitative estimate of drug-likeness (QED) is 0.908. The summed E-state index contributed by atoms with van der Waals surface area (Å²) in [4.78, 5) is 2.56. The van der Waals surface area contributed by atoms with Gasteiger partial charge in [-0.2, -0.15) is 5.10 Å². The molecule has 0 saturated carbocycles. The molecule has 0 spiro atoms. The predicted octanol–water partition coefficient (Wildman–Crippen LogP) is 3.65. The Morgan fingerprint density at radius 2 is 2.05 bits per heavy atom. The molecule has 0 amide bonds. The Bertz CT molecular complexity index is 543. The summed E-state index contributed by atoms with van der Waals surface area (Å²) in [5.74, 6) is 1.42. The van der Waals surface area contributed by atoms with E-state index in [0.29, 0.717) is 5.92 Å². The SMILES string of the molecule is CC(C)(C)N1CCC(c2cc(-c3ccco3)n[nH]2)CC1. The van der Waals surface area contributed by atoms with Crippen molar-refractivity contribution in [3.8, 4) is 11.5 Å². The standard InChI is InChI=1S/C16H23N3O/c1-16(2,3)19-8-6-12(7-9-19)13-11-14(18-17-13)15-5-4-10-20-15/h4-5,10-12H,6-9H2,1-3H3,(H,17,18). The van der Waals surface area contributed by atoms with Crippen LogP contribution in [-0.4, -0.2) is 33.7 Å². The van der Waals surface area contributed by atoms with E-state index in [1.165, 1.54) is 18.5 Å². The first-order valence-electron chi connectivity index (χ1n) is 7.38. The average molecular weight is 273 g/mol. The Morgan fingerprint density at radius 3 is 2.65 bits per heavy atom. The highest BCUT2D eigenvalue weighted by Gasteiger charge is 2.28. The maximum Gasteiger partial charge on any atom is 0.154 e. The van der Waals surface area contributed by atoms with Gasteiger partial charge in [0.15, 0.2) is 5.76 Å². The molecule has 1 saturated heterocycles. The fourth-order valence-electron chi connectivity index (χ4n) is 2.96. The number of rotatable bonds is 2. The first kappa shape index (κ1) is 13.4. The molecule has 3 rings (SSSR count). The van der Waals surface area contributed by atoms with Crippen LogP contribution in [0.25, 0.3) is 11.5 Å². The van der Waals surface area contributed by atoms with Crippen molar-refractivity contribution in [2.75, 3.05) is 13.1 Å². The molecular formula is C16H23N3O. The molecule has 3 heterocycles. The zero-order valence-corrected chi connectivity index (χ0v) is 12.5. The van der Waals surface area contributed by atoms with E-state index in [1.54, 1.807) is 6.26 Å². The number of furan rings is 1. The van der Waals surface area contributed by atoms with Crippen LogP contribution in [0.15, 0.2) is 28.9 Å². The average Bonchev–Trinajstić information content (AvgIpc) is 3.09. The number of H-pyrrole nitrogens is 1. The Hall–Kier alpha value is -1.55. The van der Waals surface area contributed by atoms with E-state index in [4.69, 9.17) is 4.42 Å². The largest absolute Gasteiger partial charge is 0.463 e. The Labute approximate surface area is 120 Å². The zero-order valence-electron chi connectivity index (χ0n) is 12.5. The van der Waals surface area contributed by atoms with Crippen LogP contribution in [0.3, 0.4) is 0 Å². The van der Waals surface area contributed by atoms with Gasteiger partial charge < -0.3 is 4.42 Å². The summed E-state index contributed by atoms with van der Waals surface area (Å²) in [6, 6.07) is 5.98. The van der Waals surface area contributed by atoms with Gasteiger partial charge in [-0.1, -0.05) is 0 Å². The zero-order chi connectivity index (χ0) is 14.2. The van der Waals surface area contributed by atoms with Gasteiger partial charge in [-0.15, -0.1) is 0 Å². The van der Waals surface area contributed by atoms with Gasteiger partial charge in [-0.3, -0.25) is 10.00 Å². The Morgan fingerprint density at radius 1 is 1.30 bits per heavy atom. The first-order chi connectivity index (χ1) is 9.54. The molecule has 108 valence electrons. The van der Waals surface area contributed by atoms with Crippen LogP contribution in [0, 0.1) is 0 Å². The van der Waals surface area contributed by atoms with Crippen molar-refractivity contribution < 1.29 is 4.42 Å². The van der Waals surface area contributed by atoms with Gasteiger partial charge in [-0.05, 0) is 64.9 Å². The number of aromatic amines is 1. The van der Waals surface area contributed by atoms with E-state index >= 15 is 0 Å². The topological polar surface area (TPSA) is 45.1 Å². The van der Waals surface area contributed by atoms with Crippen LogP contribution in [0.5, 0.6) is 0 Å². The minimum Gasteiger partial charge on any atom is -0.463 e. The smallest absolute Gasteiger partial charge is 0.154 e. The summed E-state index contributed by atoms with van der Waals surface area (Å²) in [7, 11) is 0. The van der Waals surface area contributed by atoms with Crippen molar-refractivity contribution in [2.24, 2.45) is 0 Å². The summed E-state index contributed by atoms with van der Waals surface area (Å²) >= 11 is 0. The second-order valence-corrected chi connectivity index (χ2v) is 6.62. The van der Waals surface area contributed by atoms with Gasteiger partial charge in [0.2, 0.25) is 0 Å². The summed E-state index contributed by atoms with van der Waals surface area (Å²) in [5, 5.41) is 7.56. The van der Waals surface area contributed by atoms with E-state index in [0.717, 1.165) is 24.5 Å². The molecule has 0 bridgehead atoms. The fraction of sp³-hybridized carbons (Fsp3) is 0.562. The number of nitrogens with zero attached hydrogens (tertiary/aromatic N) is 2. The summed E-state index contributed by atoms with van der Waals surface area (Å²) < 4.78 is 5.39. The molecule has 1 aliphatic heterocycles. The molecule has 4 nitrogen and oxygen atoms in total. The highest BCUT2D eigenvalue weighted by molar-refractivity contribution is 5.52. The Balaban J connectivity index is 1.67. The maximum atomic E-state index is 5.39. The molecule has 1 aliphatic rings. The van der Waals surface area contributed by atoms with Crippen molar-refractivity contribution in [1.29, 1.82) is 0 Å². The molecule has 20 heavy (non-hydrogen) atoms. The number of aromatic nitrogens is 2. The van der Waals surface area contributed by atoms with Crippen molar-refractivity contribution in [1.82, 2.24) is 15.1 Å². The molecule has 0 unspecified atom stereocenters. The van der Waals surface area contributed by atoms with E-state index in [9.17, 15) is 0 Å². The maximum absolute atomic E-state index is 5.39. The van der Waals surface area contributed by atoms with Crippen LogP contribution < -0.4 is 0 Å². The van der Waals surface area contributed by atoms with E-state index in [-0.39, 0.29) is 5.54 Å². The number of hydrogen-bond donors (Lipinski definition) is 1. The third-order valence-electron chi connectivity index (χ3n) is 4.25. The normalized spacial score (nSPS) is 18.6. The Kier molecular flexibility index (Phi) is 3.42.